The normalized spacial score (nSPS) is 27.2. The Kier molecular flexibility index (Phi) is 4.07. The summed E-state index contributed by atoms with van der Waals surface area (Å²) in [6.45, 7) is 9.81. The van der Waals surface area contributed by atoms with Crippen LogP contribution in [0.1, 0.15) is 33.3 Å². The lowest BCUT2D eigenvalue weighted by molar-refractivity contribution is -0.0593. The van der Waals surface area contributed by atoms with Crippen molar-refractivity contribution < 1.29 is 8.42 Å². The van der Waals surface area contributed by atoms with Crippen molar-refractivity contribution in [1.82, 2.24) is 4.72 Å². The molecule has 6 heteroatoms. The number of halogens is 1. The molecule has 1 saturated carbocycles. The zero-order valence-electron chi connectivity index (χ0n) is 13.1. The SMILES string of the molecule is Cc1ccc(Br)cc1S(=O)(=O)NC1C(C)(C)C(N)C1(C)C. The summed E-state index contributed by atoms with van der Waals surface area (Å²) in [6, 6.07) is 5.03. The molecular formula is C15H23BrN2O2S. The van der Waals surface area contributed by atoms with Gasteiger partial charge in [-0.05, 0) is 35.4 Å². The number of hydrogen-bond acceptors (Lipinski definition) is 3. The van der Waals surface area contributed by atoms with Crippen molar-refractivity contribution in [2.45, 2.75) is 51.6 Å². The molecule has 0 spiro atoms. The quantitative estimate of drug-likeness (QED) is 0.853. The molecule has 0 radical (unpaired) electrons. The number of hydrogen-bond donors (Lipinski definition) is 2. The molecule has 0 aromatic heterocycles. The van der Waals surface area contributed by atoms with Gasteiger partial charge in [-0.15, -0.1) is 0 Å². The van der Waals surface area contributed by atoms with Gasteiger partial charge in [-0.25, -0.2) is 13.1 Å². The molecule has 0 bridgehead atoms. The molecule has 1 aromatic carbocycles. The summed E-state index contributed by atoms with van der Waals surface area (Å²) in [5.41, 5.74) is 6.39. The fourth-order valence-electron chi connectivity index (χ4n) is 3.57. The Morgan fingerprint density at radius 3 is 2.24 bits per heavy atom. The van der Waals surface area contributed by atoms with Crippen LogP contribution in [0.4, 0.5) is 0 Å². The topological polar surface area (TPSA) is 72.2 Å². The first-order valence-corrected chi connectivity index (χ1v) is 9.22. The van der Waals surface area contributed by atoms with Gasteiger partial charge in [0, 0.05) is 16.6 Å². The summed E-state index contributed by atoms with van der Waals surface area (Å²) in [7, 11) is -3.57. The predicted octanol–water partition coefficient (Wildman–Crippen LogP) is 2.80. The largest absolute Gasteiger partial charge is 0.327 e. The second kappa shape index (κ2) is 5.05. The molecule has 0 aliphatic heterocycles. The summed E-state index contributed by atoms with van der Waals surface area (Å²) in [6.07, 6.45) is 0. The molecule has 0 saturated heterocycles. The van der Waals surface area contributed by atoms with Gasteiger partial charge in [0.1, 0.15) is 0 Å². The van der Waals surface area contributed by atoms with Gasteiger partial charge >= 0.3 is 0 Å². The van der Waals surface area contributed by atoms with Crippen LogP contribution in [0.25, 0.3) is 0 Å². The van der Waals surface area contributed by atoms with Crippen LogP contribution in [0.5, 0.6) is 0 Å². The number of aryl methyl sites for hydroxylation is 1. The highest BCUT2D eigenvalue weighted by Gasteiger charge is 2.61. The lowest BCUT2D eigenvalue weighted by Crippen LogP contribution is -2.75. The van der Waals surface area contributed by atoms with Gasteiger partial charge < -0.3 is 5.73 Å². The van der Waals surface area contributed by atoms with E-state index in [-0.39, 0.29) is 22.9 Å². The van der Waals surface area contributed by atoms with E-state index in [2.05, 4.69) is 20.7 Å². The lowest BCUT2D eigenvalue weighted by atomic mass is 9.49. The first-order valence-electron chi connectivity index (χ1n) is 6.95. The van der Waals surface area contributed by atoms with Crippen molar-refractivity contribution in [2.75, 3.05) is 0 Å². The molecule has 4 nitrogen and oxygen atoms in total. The molecule has 1 aliphatic rings. The van der Waals surface area contributed by atoms with Crippen LogP contribution in [0.15, 0.2) is 27.6 Å². The van der Waals surface area contributed by atoms with E-state index in [1.807, 2.05) is 33.8 Å². The van der Waals surface area contributed by atoms with Crippen LogP contribution in [-0.4, -0.2) is 20.5 Å². The van der Waals surface area contributed by atoms with Crippen LogP contribution in [0, 0.1) is 17.8 Å². The smallest absolute Gasteiger partial charge is 0.241 e. The van der Waals surface area contributed by atoms with Crippen molar-refractivity contribution in [3.05, 3.63) is 28.2 Å². The molecule has 0 unspecified atom stereocenters. The first kappa shape index (κ1) is 16.9. The molecule has 0 atom stereocenters. The van der Waals surface area contributed by atoms with Crippen molar-refractivity contribution in [3.8, 4) is 0 Å². The van der Waals surface area contributed by atoms with Gasteiger partial charge in [-0.3, -0.25) is 0 Å². The number of rotatable bonds is 3. The zero-order chi connectivity index (χ0) is 16.2. The minimum atomic E-state index is -3.57. The van der Waals surface area contributed by atoms with E-state index < -0.39 is 10.0 Å². The van der Waals surface area contributed by atoms with E-state index in [4.69, 9.17) is 5.73 Å². The molecule has 1 fully saturated rings. The Morgan fingerprint density at radius 1 is 1.19 bits per heavy atom. The van der Waals surface area contributed by atoms with E-state index in [1.54, 1.807) is 19.1 Å². The van der Waals surface area contributed by atoms with Gasteiger partial charge in [-0.1, -0.05) is 49.7 Å². The molecule has 1 aromatic rings. The van der Waals surface area contributed by atoms with Crippen LogP contribution < -0.4 is 10.5 Å². The minimum Gasteiger partial charge on any atom is -0.327 e. The monoisotopic (exact) mass is 374 g/mol. The third-order valence-electron chi connectivity index (χ3n) is 4.80. The molecule has 2 rings (SSSR count). The van der Waals surface area contributed by atoms with Gasteiger partial charge in [0.2, 0.25) is 10.0 Å². The van der Waals surface area contributed by atoms with Gasteiger partial charge in [0.15, 0.2) is 0 Å². The van der Waals surface area contributed by atoms with E-state index >= 15 is 0 Å². The number of sulfonamides is 1. The van der Waals surface area contributed by atoms with Crippen molar-refractivity contribution in [1.29, 1.82) is 0 Å². The number of benzene rings is 1. The van der Waals surface area contributed by atoms with Crippen LogP contribution in [0.2, 0.25) is 0 Å². The number of nitrogens with one attached hydrogen (secondary N) is 1. The second-order valence-corrected chi connectivity index (χ2v) is 9.68. The maximum atomic E-state index is 12.7. The van der Waals surface area contributed by atoms with Crippen molar-refractivity contribution in [2.24, 2.45) is 16.6 Å². The van der Waals surface area contributed by atoms with Crippen LogP contribution in [0.3, 0.4) is 0 Å². The third kappa shape index (κ3) is 2.67. The van der Waals surface area contributed by atoms with Crippen LogP contribution >= 0.6 is 15.9 Å². The summed E-state index contributed by atoms with van der Waals surface area (Å²) in [5, 5.41) is 0. The second-order valence-electron chi connectivity index (χ2n) is 7.08. The molecule has 21 heavy (non-hydrogen) atoms. The van der Waals surface area contributed by atoms with Crippen LogP contribution in [-0.2, 0) is 10.0 Å². The molecular weight excluding hydrogens is 352 g/mol. The van der Waals surface area contributed by atoms with E-state index in [1.165, 1.54) is 0 Å². The highest BCUT2D eigenvalue weighted by molar-refractivity contribution is 9.10. The fraction of sp³-hybridized carbons (Fsp3) is 0.600. The Hall–Kier alpha value is -0.430. The predicted molar refractivity (Wildman–Crippen MR) is 88.5 cm³/mol. The lowest BCUT2D eigenvalue weighted by Gasteiger charge is -2.62. The van der Waals surface area contributed by atoms with E-state index in [0.717, 1.165) is 10.0 Å². The Labute approximate surface area is 135 Å². The van der Waals surface area contributed by atoms with E-state index in [9.17, 15) is 8.42 Å². The van der Waals surface area contributed by atoms with Gasteiger partial charge in [-0.2, -0.15) is 0 Å². The Morgan fingerprint density at radius 2 is 1.71 bits per heavy atom. The average Bonchev–Trinajstić information content (AvgIpc) is 2.37. The first-order chi connectivity index (χ1) is 9.40. The molecule has 1 aliphatic carbocycles. The van der Waals surface area contributed by atoms with Gasteiger partial charge in [0.05, 0.1) is 4.90 Å². The number of nitrogens with two attached hydrogens (primary N) is 1. The average molecular weight is 375 g/mol. The summed E-state index contributed by atoms with van der Waals surface area (Å²) < 4.78 is 29.0. The molecule has 0 amide bonds. The van der Waals surface area contributed by atoms with Gasteiger partial charge in [0.25, 0.3) is 0 Å². The van der Waals surface area contributed by atoms with E-state index in [0.29, 0.717) is 4.90 Å². The maximum absolute atomic E-state index is 12.7. The fourth-order valence-corrected chi connectivity index (χ4v) is 5.90. The molecule has 0 heterocycles. The Bertz CT molecular complexity index is 652. The van der Waals surface area contributed by atoms with Crippen molar-refractivity contribution >= 4 is 26.0 Å². The summed E-state index contributed by atoms with van der Waals surface area (Å²) >= 11 is 3.33. The highest BCUT2D eigenvalue weighted by atomic mass is 79.9. The molecule has 3 N–H and O–H groups in total. The van der Waals surface area contributed by atoms with Crippen molar-refractivity contribution in [3.63, 3.8) is 0 Å². The summed E-state index contributed by atoms with van der Waals surface area (Å²) in [5.74, 6) is 0. The summed E-state index contributed by atoms with van der Waals surface area (Å²) in [4.78, 5) is 0.309. The highest BCUT2D eigenvalue weighted by Crippen LogP contribution is 2.53. The molecule has 118 valence electrons. The maximum Gasteiger partial charge on any atom is 0.241 e. The third-order valence-corrected chi connectivity index (χ3v) is 6.86. The Balaban J connectivity index is 2.37. The standard InChI is InChI=1S/C15H23BrN2O2S/c1-9-6-7-10(16)8-11(9)21(19,20)18-13-14(2,3)12(17)15(13,4)5/h6-8,12-13,18H,17H2,1-5H3. The zero-order valence-corrected chi connectivity index (χ0v) is 15.5. The minimum absolute atomic E-state index is 0.0405.